The number of esters is 3. The first-order chi connectivity index (χ1) is 31.0. The van der Waals surface area contributed by atoms with Gasteiger partial charge in [-0.1, -0.05) is 263 Å². The van der Waals surface area contributed by atoms with Crippen molar-refractivity contribution in [2.24, 2.45) is 0 Å². The summed E-state index contributed by atoms with van der Waals surface area (Å²) in [6.45, 7) is 6.62. The number of ether oxygens (including phenoxy) is 3. The van der Waals surface area contributed by atoms with Gasteiger partial charge in [0, 0.05) is 19.3 Å². The summed E-state index contributed by atoms with van der Waals surface area (Å²) in [6.07, 6.45) is 60.4. The van der Waals surface area contributed by atoms with Crippen LogP contribution in [-0.4, -0.2) is 37.2 Å². The largest absolute Gasteiger partial charge is 0.462 e. The molecule has 0 aromatic rings. The predicted octanol–water partition coefficient (Wildman–Crippen LogP) is 18.3. The highest BCUT2D eigenvalue weighted by Gasteiger charge is 2.19. The highest BCUT2D eigenvalue weighted by molar-refractivity contribution is 5.71. The van der Waals surface area contributed by atoms with E-state index in [2.05, 4.69) is 45.1 Å². The fraction of sp³-hybridized carbons (Fsp3) is 0.877. The average Bonchev–Trinajstić information content (AvgIpc) is 3.28. The van der Waals surface area contributed by atoms with E-state index >= 15 is 0 Å². The first-order valence-electron chi connectivity index (χ1n) is 27.8. The average molecular weight is 887 g/mol. The lowest BCUT2D eigenvalue weighted by atomic mass is 10.0. The van der Waals surface area contributed by atoms with Gasteiger partial charge in [0.2, 0.25) is 0 Å². The lowest BCUT2D eigenvalue weighted by Crippen LogP contribution is -2.30. The van der Waals surface area contributed by atoms with Crippen molar-refractivity contribution in [3.63, 3.8) is 0 Å². The quantitative estimate of drug-likeness (QED) is 0.0262. The molecule has 1 atom stereocenters. The Balaban J connectivity index is 4.40. The summed E-state index contributed by atoms with van der Waals surface area (Å²) in [5, 5.41) is 0. The minimum atomic E-state index is -0.802. The van der Waals surface area contributed by atoms with E-state index in [1.807, 2.05) is 0 Å². The molecule has 6 heteroatoms. The van der Waals surface area contributed by atoms with Gasteiger partial charge in [0.05, 0.1) is 0 Å². The van der Waals surface area contributed by atoms with Crippen molar-refractivity contribution >= 4 is 17.9 Å². The second kappa shape index (κ2) is 52.5. The zero-order chi connectivity index (χ0) is 45.8. The molecule has 0 aliphatic carbocycles. The van der Waals surface area contributed by atoms with Crippen molar-refractivity contribution < 1.29 is 28.6 Å². The van der Waals surface area contributed by atoms with Crippen molar-refractivity contribution in [3.8, 4) is 0 Å². The summed E-state index contributed by atoms with van der Waals surface area (Å²) in [5.74, 6) is -0.977. The van der Waals surface area contributed by atoms with E-state index in [0.717, 1.165) is 32.1 Å². The van der Waals surface area contributed by atoms with Crippen LogP contribution in [-0.2, 0) is 28.6 Å². The topological polar surface area (TPSA) is 78.9 Å². The molecule has 0 bridgehead atoms. The first-order valence-corrected chi connectivity index (χ1v) is 27.8. The maximum absolute atomic E-state index is 12.8. The van der Waals surface area contributed by atoms with Gasteiger partial charge in [-0.05, 0) is 44.9 Å². The molecule has 0 aromatic carbocycles. The highest BCUT2D eigenvalue weighted by atomic mass is 16.6. The van der Waals surface area contributed by atoms with Crippen molar-refractivity contribution in [2.45, 2.75) is 309 Å². The Hall–Kier alpha value is -2.11. The molecular weight excluding hydrogens is 781 g/mol. The van der Waals surface area contributed by atoms with Gasteiger partial charge in [-0.15, -0.1) is 0 Å². The third-order valence-electron chi connectivity index (χ3n) is 12.5. The van der Waals surface area contributed by atoms with Gasteiger partial charge in [0.1, 0.15) is 13.2 Å². The summed E-state index contributed by atoms with van der Waals surface area (Å²) in [7, 11) is 0. The van der Waals surface area contributed by atoms with Crippen LogP contribution in [0.1, 0.15) is 303 Å². The number of hydrogen-bond donors (Lipinski definition) is 0. The van der Waals surface area contributed by atoms with Crippen molar-refractivity contribution in [2.75, 3.05) is 13.2 Å². The van der Waals surface area contributed by atoms with Gasteiger partial charge in [-0.25, -0.2) is 0 Å². The van der Waals surface area contributed by atoms with Crippen LogP contribution in [0, 0.1) is 0 Å². The summed E-state index contributed by atoms with van der Waals surface area (Å²) >= 11 is 0. The SMILES string of the molecule is CCCCCCCCCCCCCC=CCCC(=O)OCC(COC(=O)CCCCCCCCCCCCCCCCC)OC(=O)CCC=CCCCCCCCCCCCCC. The molecule has 0 heterocycles. The van der Waals surface area contributed by atoms with Crippen LogP contribution in [0.25, 0.3) is 0 Å². The van der Waals surface area contributed by atoms with E-state index in [1.54, 1.807) is 0 Å². The standard InChI is InChI=1S/C57H106O6/c1-4-7-10-13-16-19-22-25-28-31-34-37-40-43-46-49-55(58)61-52-54(63-57(60)51-48-45-42-39-36-33-30-27-24-21-18-15-12-9-6-3)53-62-56(59)50-47-44-41-38-35-32-29-26-23-20-17-14-11-8-5-2/h40,42-43,45,54H,4-39,41,44,46-53H2,1-3H3. The lowest BCUT2D eigenvalue weighted by Gasteiger charge is -2.18. The van der Waals surface area contributed by atoms with Gasteiger partial charge in [-0.3, -0.25) is 14.4 Å². The van der Waals surface area contributed by atoms with E-state index in [9.17, 15) is 14.4 Å². The second-order valence-corrected chi connectivity index (χ2v) is 18.8. The molecule has 6 nitrogen and oxygen atoms in total. The molecule has 370 valence electrons. The number of hydrogen-bond acceptors (Lipinski definition) is 6. The third kappa shape index (κ3) is 50.7. The zero-order valence-electron chi connectivity index (χ0n) is 42.4. The molecule has 0 aliphatic heterocycles. The molecule has 0 spiro atoms. The van der Waals surface area contributed by atoms with Crippen LogP contribution in [0.4, 0.5) is 0 Å². The van der Waals surface area contributed by atoms with E-state index in [0.29, 0.717) is 19.3 Å². The van der Waals surface area contributed by atoms with Gasteiger partial charge in [0.15, 0.2) is 6.10 Å². The maximum Gasteiger partial charge on any atom is 0.306 e. The van der Waals surface area contributed by atoms with E-state index < -0.39 is 6.10 Å². The van der Waals surface area contributed by atoms with Gasteiger partial charge < -0.3 is 14.2 Å². The van der Waals surface area contributed by atoms with E-state index in [4.69, 9.17) is 14.2 Å². The van der Waals surface area contributed by atoms with Crippen LogP contribution in [0.3, 0.4) is 0 Å². The molecule has 0 rings (SSSR count). The van der Waals surface area contributed by atoms with Crippen LogP contribution in [0.5, 0.6) is 0 Å². The molecular formula is C57H106O6. The number of allylic oxidation sites excluding steroid dienone is 4. The van der Waals surface area contributed by atoms with Crippen molar-refractivity contribution in [1.82, 2.24) is 0 Å². The molecule has 0 radical (unpaired) electrons. The molecule has 0 saturated heterocycles. The Kier molecular flexibility index (Phi) is 50.8. The van der Waals surface area contributed by atoms with E-state index in [-0.39, 0.29) is 44.0 Å². The highest BCUT2D eigenvalue weighted by Crippen LogP contribution is 2.16. The molecule has 0 aliphatic rings. The minimum Gasteiger partial charge on any atom is -0.462 e. The number of carbonyl (C=O) groups is 3. The van der Waals surface area contributed by atoms with E-state index in [1.165, 1.54) is 218 Å². The molecule has 0 fully saturated rings. The zero-order valence-corrected chi connectivity index (χ0v) is 42.4. The normalized spacial score (nSPS) is 12.1. The Morgan fingerprint density at radius 3 is 0.889 bits per heavy atom. The molecule has 0 N–H and O–H groups in total. The van der Waals surface area contributed by atoms with Gasteiger partial charge in [0.25, 0.3) is 0 Å². The van der Waals surface area contributed by atoms with Crippen LogP contribution < -0.4 is 0 Å². The minimum absolute atomic E-state index is 0.0931. The second-order valence-electron chi connectivity index (χ2n) is 18.8. The Bertz CT molecular complexity index is 1020. The van der Waals surface area contributed by atoms with Gasteiger partial charge in [-0.2, -0.15) is 0 Å². The smallest absolute Gasteiger partial charge is 0.306 e. The predicted molar refractivity (Wildman–Crippen MR) is 270 cm³/mol. The monoisotopic (exact) mass is 887 g/mol. The Morgan fingerprint density at radius 2 is 0.556 bits per heavy atom. The summed E-state index contributed by atoms with van der Waals surface area (Å²) in [4.78, 5) is 38.0. The Morgan fingerprint density at radius 1 is 0.302 bits per heavy atom. The maximum atomic E-state index is 12.8. The third-order valence-corrected chi connectivity index (χ3v) is 12.5. The summed E-state index contributed by atoms with van der Waals surface area (Å²) < 4.78 is 16.8. The van der Waals surface area contributed by atoms with Crippen molar-refractivity contribution in [3.05, 3.63) is 24.3 Å². The van der Waals surface area contributed by atoms with Crippen LogP contribution in [0.2, 0.25) is 0 Å². The van der Waals surface area contributed by atoms with Gasteiger partial charge >= 0.3 is 17.9 Å². The first kappa shape index (κ1) is 60.9. The Labute approximate surface area is 392 Å². The molecule has 0 aromatic heterocycles. The molecule has 0 saturated carbocycles. The van der Waals surface area contributed by atoms with Crippen LogP contribution in [0.15, 0.2) is 24.3 Å². The van der Waals surface area contributed by atoms with Crippen molar-refractivity contribution in [1.29, 1.82) is 0 Å². The lowest BCUT2D eigenvalue weighted by molar-refractivity contribution is -0.166. The number of unbranched alkanes of at least 4 members (excludes halogenated alkanes) is 36. The molecule has 1 unspecified atom stereocenters. The fourth-order valence-corrected chi connectivity index (χ4v) is 8.24. The number of carbonyl (C=O) groups excluding carboxylic acids is 3. The molecule has 63 heavy (non-hydrogen) atoms. The fourth-order valence-electron chi connectivity index (χ4n) is 8.24. The van der Waals surface area contributed by atoms with Crippen LogP contribution >= 0.6 is 0 Å². The summed E-state index contributed by atoms with van der Waals surface area (Å²) in [5.41, 5.74) is 0. The molecule has 0 amide bonds. The number of rotatable bonds is 51. The summed E-state index contributed by atoms with van der Waals surface area (Å²) in [6, 6.07) is 0.